The van der Waals surface area contributed by atoms with Crippen LogP contribution in [-0.4, -0.2) is 35.0 Å². The topological polar surface area (TPSA) is 123 Å². The summed E-state index contributed by atoms with van der Waals surface area (Å²) in [5.41, 5.74) is 0.441. The van der Waals surface area contributed by atoms with Crippen LogP contribution in [0.15, 0.2) is 58.2 Å². The SMILES string of the molecule is CC1=C(C)S(=O)(=O)c2ccc(C(=O)NCc3cnc(-n4cccn4)s3)cc2NC1=O. The Morgan fingerprint density at radius 1 is 1.30 bits per heavy atom. The highest BCUT2D eigenvalue weighted by atomic mass is 32.2. The van der Waals surface area contributed by atoms with Gasteiger partial charge < -0.3 is 10.6 Å². The molecule has 0 fully saturated rings. The van der Waals surface area contributed by atoms with Crippen LogP contribution in [0.2, 0.25) is 0 Å². The predicted molar refractivity (Wildman–Crippen MR) is 111 cm³/mol. The highest BCUT2D eigenvalue weighted by molar-refractivity contribution is 7.95. The Balaban J connectivity index is 1.53. The Bertz CT molecular complexity index is 1290. The third kappa shape index (κ3) is 3.53. The Hall–Kier alpha value is -3.31. The van der Waals surface area contributed by atoms with Crippen molar-refractivity contribution in [1.82, 2.24) is 20.1 Å². The first kappa shape index (κ1) is 20.0. The van der Waals surface area contributed by atoms with Crippen LogP contribution in [0.25, 0.3) is 5.13 Å². The van der Waals surface area contributed by atoms with Gasteiger partial charge in [-0.15, -0.1) is 0 Å². The summed E-state index contributed by atoms with van der Waals surface area (Å²) in [6.07, 6.45) is 5.08. The first-order valence-electron chi connectivity index (χ1n) is 8.88. The van der Waals surface area contributed by atoms with Crippen molar-refractivity contribution >= 4 is 38.7 Å². The molecule has 0 unspecified atom stereocenters. The molecular formula is C19H17N5O4S2. The molecule has 11 heteroatoms. The zero-order chi connectivity index (χ0) is 21.5. The van der Waals surface area contributed by atoms with E-state index in [0.29, 0.717) is 5.13 Å². The second-order valence-electron chi connectivity index (χ2n) is 6.59. The molecule has 30 heavy (non-hydrogen) atoms. The van der Waals surface area contributed by atoms with E-state index in [9.17, 15) is 18.0 Å². The highest BCUT2D eigenvalue weighted by Gasteiger charge is 2.29. The molecule has 2 aromatic heterocycles. The molecule has 0 saturated carbocycles. The van der Waals surface area contributed by atoms with Crippen LogP contribution < -0.4 is 10.6 Å². The van der Waals surface area contributed by atoms with E-state index in [1.807, 2.05) is 0 Å². The number of anilines is 1. The van der Waals surface area contributed by atoms with E-state index in [1.54, 1.807) is 29.3 Å². The Labute approximate surface area is 176 Å². The lowest BCUT2D eigenvalue weighted by Crippen LogP contribution is -2.22. The fourth-order valence-corrected chi connectivity index (χ4v) is 5.15. The number of benzene rings is 1. The van der Waals surface area contributed by atoms with Gasteiger partial charge in [0, 0.05) is 34.6 Å². The molecule has 1 aromatic carbocycles. The molecule has 0 radical (unpaired) electrons. The number of carbonyl (C=O) groups is 2. The largest absolute Gasteiger partial charge is 0.347 e. The maximum atomic E-state index is 12.7. The first-order chi connectivity index (χ1) is 14.3. The van der Waals surface area contributed by atoms with Crippen LogP contribution in [0.5, 0.6) is 0 Å². The lowest BCUT2D eigenvalue weighted by Gasteiger charge is -2.10. The monoisotopic (exact) mass is 443 g/mol. The van der Waals surface area contributed by atoms with Gasteiger partial charge in [0.05, 0.1) is 22.0 Å². The fraction of sp³-hybridized carbons (Fsp3) is 0.158. The van der Waals surface area contributed by atoms with E-state index < -0.39 is 21.7 Å². The van der Waals surface area contributed by atoms with Crippen molar-refractivity contribution < 1.29 is 18.0 Å². The zero-order valence-electron chi connectivity index (χ0n) is 16.0. The van der Waals surface area contributed by atoms with E-state index in [2.05, 4.69) is 20.7 Å². The number of nitrogens with zero attached hydrogens (tertiary/aromatic N) is 3. The lowest BCUT2D eigenvalue weighted by molar-refractivity contribution is -0.112. The number of thiazole rings is 1. The number of hydrogen-bond acceptors (Lipinski definition) is 7. The van der Waals surface area contributed by atoms with Crippen LogP contribution in [0.1, 0.15) is 29.1 Å². The summed E-state index contributed by atoms with van der Waals surface area (Å²) in [4.78, 5) is 29.9. The summed E-state index contributed by atoms with van der Waals surface area (Å²) >= 11 is 1.39. The summed E-state index contributed by atoms with van der Waals surface area (Å²) in [6.45, 7) is 3.10. The van der Waals surface area contributed by atoms with Crippen molar-refractivity contribution in [2.45, 2.75) is 25.3 Å². The van der Waals surface area contributed by atoms with Gasteiger partial charge in [-0.1, -0.05) is 11.3 Å². The third-order valence-corrected chi connectivity index (χ3v) is 7.75. The number of rotatable bonds is 4. The van der Waals surface area contributed by atoms with Gasteiger partial charge in [0.1, 0.15) is 0 Å². The number of amides is 2. The summed E-state index contributed by atoms with van der Waals surface area (Å²) in [5.74, 6) is -0.910. The molecule has 0 saturated heterocycles. The third-order valence-electron chi connectivity index (χ3n) is 4.72. The molecule has 3 aromatic rings. The minimum Gasteiger partial charge on any atom is -0.347 e. The van der Waals surface area contributed by atoms with Crippen LogP contribution in [0, 0.1) is 0 Å². The molecule has 0 atom stereocenters. The van der Waals surface area contributed by atoms with Gasteiger partial charge in [-0.2, -0.15) is 5.10 Å². The van der Waals surface area contributed by atoms with Gasteiger partial charge in [0.25, 0.3) is 11.8 Å². The van der Waals surface area contributed by atoms with Crippen molar-refractivity contribution in [2.75, 3.05) is 5.32 Å². The maximum absolute atomic E-state index is 12.7. The molecule has 2 amide bonds. The molecule has 4 rings (SSSR count). The maximum Gasteiger partial charge on any atom is 0.252 e. The first-order valence-corrected chi connectivity index (χ1v) is 11.2. The molecule has 1 aliphatic heterocycles. The van der Waals surface area contributed by atoms with Crippen LogP contribution in [0.3, 0.4) is 0 Å². The van der Waals surface area contributed by atoms with Crippen molar-refractivity contribution in [3.05, 3.63) is 63.8 Å². The van der Waals surface area contributed by atoms with Gasteiger partial charge in [-0.25, -0.2) is 18.1 Å². The molecule has 0 spiro atoms. The van der Waals surface area contributed by atoms with Gasteiger partial charge >= 0.3 is 0 Å². The molecule has 154 valence electrons. The molecule has 1 aliphatic rings. The lowest BCUT2D eigenvalue weighted by atomic mass is 10.1. The number of fused-ring (bicyclic) bond motifs is 1. The van der Waals surface area contributed by atoms with E-state index >= 15 is 0 Å². The summed E-state index contributed by atoms with van der Waals surface area (Å²) in [5, 5.41) is 10.1. The van der Waals surface area contributed by atoms with E-state index in [1.165, 1.54) is 43.4 Å². The zero-order valence-corrected chi connectivity index (χ0v) is 17.7. The van der Waals surface area contributed by atoms with Gasteiger partial charge in [0.15, 0.2) is 0 Å². The molecule has 3 heterocycles. The Morgan fingerprint density at radius 2 is 2.10 bits per heavy atom. The number of aromatic nitrogens is 3. The second-order valence-corrected chi connectivity index (χ2v) is 9.74. The molecular weight excluding hydrogens is 426 g/mol. The van der Waals surface area contributed by atoms with E-state index in [4.69, 9.17) is 0 Å². The smallest absolute Gasteiger partial charge is 0.252 e. The summed E-state index contributed by atoms with van der Waals surface area (Å²) < 4.78 is 27.0. The van der Waals surface area contributed by atoms with Gasteiger partial charge in [0.2, 0.25) is 15.0 Å². The number of nitrogens with one attached hydrogen (secondary N) is 2. The van der Waals surface area contributed by atoms with E-state index in [-0.39, 0.29) is 33.2 Å². The predicted octanol–water partition coefficient (Wildman–Crippen LogP) is 2.28. The van der Waals surface area contributed by atoms with Gasteiger partial charge in [-0.05, 0) is 38.1 Å². The number of sulfone groups is 1. The molecule has 0 bridgehead atoms. The number of carbonyl (C=O) groups excluding carboxylic acids is 2. The van der Waals surface area contributed by atoms with Crippen molar-refractivity contribution in [2.24, 2.45) is 0 Å². The summed E-state index contributed by atoms with van der Waals surface area (Å²) in [7, 11) is -3.81. The van der Waals surface area contributed by atoms with Crippen LogP contribution in [0.4, 0.5) is 5.69 Å². The average Bonchev–Trinajstić information content (AvgIpc) is 3.41. The normalized spacial score (nSPS) is 15.3. The fourth-order valence-electron chi connectivity index (χ4n) is 2.88. The van der Waals surface area contributed by atoms with E-state index in [0.717, 1.165) is 4.88 Å². The molecule has 9 nitrogen and oxygen atoms in total. The molecule has 0 aliphatic carbocycles. The van der Waals surface area contributed by atoms with Crippen molar-refractivity contribution in [3.63, 3.8) is 0 Å². The number of allylic oxidation sites excluding steroid dienone is 1. The van der Waals surface area contributed by atoms with Crippen LogP contribution >= 0.6 is 11.3 Å². The van der Waals surface area contributed by atoms with Crippen molar-refractivity contribution in [3.8, 4) is 5.13 Å². The average molecular weight is 444 g/mol. The standard InChI is InChI=1S/C19H17N5O4S2/c1-11-12(2)30(27,28)16-5-4-13(8-15(16)23-17(11)25)18(26)20-9-14-10-21-19(29-14)24-7-3-6-22-24/h3-8,10H,9H2,1-2H3,(H,20,26)(H,23,25). The number of hydrogen-bond donors (Lipinski definition) is 2. The van der Waals surface area contributed by atoms with Crippen molar-refractivity contribution in [1.29, 1.82) is 0 Å². The minimum absolute atomic E-state index is 0.00543. The quantitative estimate of drug-likeness (QED) is 0.638. The highest BCUT2D eigenvalue weighted by Crippen LogP contribution is 2.32. The Kier molecular flexibility index (Phi) is 5.00. The van der Waals surface area contributed by atoms with Crippen LogP contribution in [-0.2, 0) is 21.2 Å². The second kappa shape index (κ2) is 7.50. The molecule has 2 N–H and O–H groups in total. The summed E-state index contributed by atoms with van der Waals surface area (Å²) in [6, 6.07) is 5.92. The van der Waals surface area contributed by atoms with Gasteiger partial charge in [-0.3, -0.25) is 9.59 Å². The Morgan fingerprint density at radius 3 is 2.83 bits per heavy atom. The minimum atomic E-state index is -3.81.